The van der Waals surface area contributed by atoms with E-state index < -0.39 is 0 Å². The minimum absolute atomic E-state index is 0.374. The molecule has 0 radical (unpaired) electrons. The fourth-order valence-corrected chi connectivity index (χ4v) is 5.95. The maximum Gasteiger partial charge on any atom is 0.414 e. The van der Waals surface area contributed by atoms with E-state index in [0.29, 0.717) is 11.5 Å². The van der Waals surface area contributed by atoms with Gasteiger partial charge in [-0.15, -0.1) is 0 Å². The zero-order chi connectivity index (χ0) is 33.4. The highest BCUT2D eigenvalue weighted by molar-refractivity contribution is 5.92. The Morgan fingerprint density at radius 1 is 0.489 bits per heavy atom. The van der Waals surface area contributed by atoms with Crippen LogP contribution in [0.5, 0.6) is 11.5 Å². The van der Waals surface area contributed by atoms with Crippen molar-refractivity contribution in [3.63, 3.8) is 0 Å². The van der Waals surface area contributed by atoms with Gasteiger partial charge in [0, 0.05) is 73.5 Å². The largest absolute Gasteiger partial charge is 0.414 e. The number of aromatic nitrogens is 2. The number of carbonyl (C=O) groups is 2. The van der Waals surface area contributed by atoms with Gasteiger partial charge >= 0.3 is 12.2 Å². The zero-order valence-electron chi connectivity index (χ0n) is 28.8. The fraction of sp³-hybridized carbons (Fsp3) is 0.487. The van der Waals surface area contributed by atoms with E-state index in [9.17, 15) is 9.59 Å². The molecule has 0 aliphatic rings. The number of amides is 2. The summed E-state index contributed by atoms with van der Waals surface area (Å²) in [5.41, 5.74) is 2.16. The second-order valence-corrected chi connectivity index (χ2v) is 12.8. The van der Waals surface area contributed by atoms with Crippen LogP contribution in [0.25, 0.3) is 21.5 Å². The normalized spacial score (nSPS) is 11.1. The van der Waals surface area contributed by atoms with Crippen molar-refractivity contribution in [3.8, 4) is 11.5 Å². The van der Waals surface area contributed by atoms with Crippen LogP contribution < -0.4 is 9.47 Å². The molecule has 0 aliphatic carbocycles. The van der Waals surface area contributed by atoms with Crippen molar-refractivity contribution < 1.29 is 19.1 Å². The summed E-state index contributed by atoms with van der Waals surface area (Å²) >= 11 is 0. The van der Waals surface area contributed by atoms with Crippen LogP contribution in [0.4, 0.5) is 9.59 Å². The minimum atomic E-state index is -0.374. The number of aryl methyl sites for hydroxylation is 2. The molecule has 4 rings (SSSR count). The number of benzene rings is 2. The van der Waals surface area contributed by atoms with Crippen LogP contribution in [-0.4, -0.2) is 60.1 Å². The summed E-state index contributed by atoms with van der Waals surface area (Å²) < 4.78 is 11.1. The number of hydrogen-bond acceptors (Lipinski definition) is 6. The molecule has 0 N–H and O–H groups in total. The first kappa shape index (κ1) is 35.7. The van der Waals surface area contributed by atoms with E-state index in [2.05, 4.69) is 22.1 Å². The molecule has 0 spiro atoms. The van der Waals surface area contributed by atoms with Gasteiger partial charge in [-0.1, -0.05) is 94.9 Å². The third kappa shape index (κ3) is 10.9. The molecule has 0 saturated heterocycles. The van der Waals surface area contributed by atoms with Crippen molar-refractivity contribution in [2.75, 3.05) is 28.2 Å². The third-order valence-electron chi connectivity index (χ3n) is 8.65. The van der Waals surface area contributed by atoms with E-state index >= 15 is 0 Å². The Kier molecular flexibility index (Phi) is 14.3. The van der Waals surface area contributed by atoms with Crippen LogP contribution in [0, 0.1) is 0 Å². The number of ether oxygens (including phenoxy) is 2. The molecular weight excluding hydrogens is 588 g/mol. The van der Waals surface area contributed by atoms with Gasteiger partial charge in [0.25, 0.3) is 0 Å². The van der Waals surface area contributed by atoms with Gasteiger partial charge in [-0.3, -0.25) is 9.97 Å². The Labute approximate surface area is 280 Å². The van der Waals surface area contributed by atoms with E-state index in [1.807, 2.05) is 48.8 Å². The highest BCUT2D eigenvalue weighted by Gasteiger charge is 2.13. The molecule has 0 saturated carbocycles. The maximum atomic E-state index is 12.0. The average molecular weight is 641 g/mol. The molecule has 47 heavy (non-hydrogen) atoms. The monoisotopic (exact) mass is 640 g/mol. The molecule has 0 unspecified atom stereocenters. The Morgan fingerprint density at radius 3 is 1.17 bits per heavy atom. The summed E-state index contributed by atoms with van der Waals surface area (Å²) in [6.45, 7) is 0. The molecule has 8 nitrogen and oxygen atoms in total. The van der Waals surface area contributed by atoms with Gasteiger partial charge in [-0.05, 0) is 49.9 Å². The van der Waals surface area contributed by atoms with Gasteiger partial charge in [0.15, 0.2) is 0 Å². The first-order valence-corrected chi connectivity index (χ1v) is 17.4. The van der Waals surface area contributed by atoms with Crippen molar-refractivity contribution in [1.82, 2.24) is 19.8 Å². The summed E-state index contributed by atoms with van der Waals surface area (Å²) in [4.78, 5) is 36.2. The topological polar surface area (TPSA) is 84.9 Å². The molecule has 252 valence electrons. The van der Waals surface area contributed by atoms with Crippen molar-refractivity contribution in [2.24, 2.45) is 0 Å². The lowest BCUT2D eigenvalue weighted by Crippen LogP contribution is -2.25. The predicted octanol–water partition coefficient (Wildman–Crippen LogP) is 9.76. The molecule has 0 atom stereocenters. The molecule has 8 heteroatoms. The van der Waals surface area contributed by atoms with E-state index in [1.54, 1.807) is 28.2 Å². The quantitative estimate of drug-likeness (QED) is 0.101. The van der Waals surface area contributed by atoms with Crippen molar-refractivity contribution >= 4 is 33.7 Å². The second-order valence-electron chi connectivity index (χ2n) is 12.8. The lowest BCUT2D eigenvalue weighted by molar-refractivity contribution is 0.171. The van der Waals surface area contributed by atoms with Crippen LogP contribution in [0.15, 0.2) is 60.9 Å². The number of hydrogen-bond donors (Lipinski definition) is 0. The SMILES string of the molecule is CN(C)C(=O)Oc1cccc2c(CCCCCCCCCCCCCCCc3nccc4c(OC(=O)N(C)C)cccc34)nccc12. The van der Waals surface area contributed by atoms with Crippen LogP contribution in [0.1, 0.15) is 94.9 Å². The lowest BCUT2D eigenvalue weighted by Gasteiger charge is -2.13. The Bertz CT molecular complexity index is 1470. The molecule has 2 heterocycles. The fourth-order valence-electron chi connectivity index (χ4n) is 5.95. The Hall–Kier alpha value is -4.20. The summed E-state index contributed by atoms with van der Waals surface area (Å²) in [5.74, 6) is 1.17. The predicted molar refractivity (Wildman–Crippen MR) is 190 cm³/mol. The van der Waals surface area contributed by atoms with E-state index in [4.69, 9.17) is 9.47 Å². The van der Waals surface area contributed by atoms with E-state index in [1.165, 1.54) is 80.4 Å². The van der Waals surface area contributed by atoms with Crippen LogP contribution >= 0.6 is 0 Å². The molecule has 2 amide bonds. The number of nitrogens with zero attached hydrogens (tertiary/aromatic N) is 4. The minimum Gasteiger partial charge on any atom is -0.410 e. The molecule has 0 fully saturated rings. The summed E-state index contributed by atoms with van der Waals surface area (Å²) in [5, 5.41) is 4.01. The second kappa shape index (κ2) is 18.8. The van der Waals surface area contributed by atoms with Crippen LogP contribution in [-0.2, 0) is 12.8 Å². The van der Waals surface area contributed by atoms with Crippen LogP contribution in [0.2, 0.25) is 0 Å². The molecule has 2 aromatic carbocycles. The smallest absolute Gasteiger partial charge is 0.410 e. The maximum absolute atomic E-state index is 12.0. The highest BCUT2D eigenvalue weighted by atomic mass is 16.6. The van der Waals surface area contributed by atoms with Crippen molar-refractivity contribution in [2.45, 2.75) is 96.3 Å². The van der Waals surface area contributed by atoms with Gasteiger partial charge < -0.3 is 19.3 Å². The molecule has 2 aromatic heterocycles. The van der Waals surface area contributed by atoms with Gasteiger partial charge in [0.05, 0.1) is 0 Å². The Balaban J connectivity index is 1.03. The van der Waals surface area contributed by atoms with Gasteiger partial charge in [0.1, 0.15) is 11.5 Å². The van der Waals surface area contributed by atoms with Gasteiger partial charge in [-0.25, -0.2) is 9.59 Å². The number of pyridine rings is 2. The Morgan fingerprint density at radius 2 is 0.830 bits per heavy atom. The van der Waals surface area contributed by atoms with Crippen LogP contribution in [0.3, 0.4) is 0 Å². The average Bonchev–Trinajstić information content (AvgIpc) is 3.06. The molecule has 0 aliphatic heterocycles. The number of unbranched alkanes of at least 4 members (excludes halogenated alkanes) is 12. The third-order valence-corrected chi connectivity index (χ3v) is 8.65. The summed E-state index contributed by atoms with van der Waals surface area (Å²) in [6, 6.07) is 15.5. The number of carbonyl (C=O) groups excluding carboxylic acids is 2. The van der Waals surface area contributed by atoms with Gasteiger partial charge in [0.2, 0.25) is 0 Å². The summed E-state index contributed by atoms with van der Waals surface area (Å²) in [7, 11) is 6.74. The summed E-state index contributed by atoms with van der Waals surface area (Å²) in [6.07, 6.45) is 21.2. The first-order valence-electron chi connectivity index (χ1n) is 17.4. The molecule has 4 aromatic rings. The standard InChI is InChI=1S/C39H52N4O4/c1-42(2)38(44)46-36-24-18-20-30-32(36)26-28-40-34(30)22-16-14-12-10-8-6-5-7-9-11-13-15-17-23-35-31-21-19-25-37(33(31)27-29-41-35)47-39(45)43(3)4/h18-21,24-29H,5-17,22-23H2,1-4H3. The number of rotatable bonds is 18. The van der Waals surface area contributed by atoms with E-state index in [-0.39, 0.29) is 12.2 Å². The van der Waals surface area contributed by atoms with E-state index in [0.717, 1.165) is 58.6 Å². The lowest BCUT2D eigenvalue weighted by atomic mass is 10.0. The first-order chi connectivity index (χ1) is 22.8. The van der Waals surface area contributed by atoms with Crippen molar-refractivity contribution in [1.29, 1.82) is 0 Å². The molecule has 0 bridgehead atoms. The molecular formula is C39H52N4O4. The highest BCUT2D eigenvalue weighted by Crippen LogP contribution is 2.29. The van der Waals surface area contributed by atoms with Gasteiger partial charge in [-0.2, -0.15) is 0 Å². The number of fused-ring (bicyclic) bond motifs is 2. The zero-order valence-corrected chi connectivity index (χ0v) is 28.8. The van der Waals surface area contributed by atoms with Crippen molar-refractivity contribution in [3.05, 3.63) is 72.3 Å².